The molecule has 1 heterocycles. The third kappa shape index (κ3) is 5.17. The van der Waals surface area contributed by atoms with Gasteiger partial charge in [0.1, 0.15) is 5.75 Å². The van der Waals surface area contributed by atoms with Gasteiger partial charge in [-0.1, -0.05) is 35.5 Å². The third-order valence-corrected chi connectivity index (χ3v) is 5.19. The molecule has 0 fully saturated rings. The van der Waals surface area contributed by atoms with Gasteiger partial charge in [-0.2, -0.15) is 0 Å². The number of nitrogens with one attached hydrogen (secondary N) is 1. The van der Waals surface area contributed by atoms with E-state index in [-0.39, 0.29) is 11.7 Å². The van der Waals surface area contributed by atoms with Crippen LogP contribution in [-0.2, 0) is 11.2 Å². The number of nitrogens with zero attached hydrogens (tertiary/aromatic N) is 3. The molecule has 0 radical (unpaired) electrons. The van der Waals surface area contributed by atoms with Gasteiger partial charge in [-0.25, -0.2) is 4.68 Å². The molecule has 7 nitrogen and oxygen atoms in total. The van der Waals surface area contributed by atoms with Crippen LogP contribution in [0.15, 0.2) is 53.7 Å². The van der Waals surface area contributed by atoms with E-state index in [0.29, 0.717) is 22.5 Å². The molecule has 0 saturated heterocycles. The lowest BCUT2D eigenvalue weighted by Crippen LogP contribution is -2.27. The molecule has 9 heteroatoms. The van der Waals surface area contributed by atoms with Crippen LogP contribution in [0.5, 0.6) is 5.75 Å². The van der Waals surface area contributed by atoms with E-state index in [2.05, 4.69) is 15.5 Å². The lowest BCUT2D eigenvalue weighted by Gasteiger charge is -2.06. The first-order valence-corrected chi connectivity index (χ1v) is 9.92. The van der Waals surface area contributed by atoms with Gasteiger partial charge in [0.15, 0.2) is 5.82 Å². The number of halogens is 1. The molecule has 1 aromatic heterocycles. The number of thioether (sulfide) groups is 1. The number of hydrogen-bond donors (Lipinski definition) is 2. The van der Waals surface area contributed by atoms with Crippen LogP contribution >= 0.6 is 23.4 Å². The first-order valence-electron chi connectivity index (χ1n) is 8.55. The van der Waals surface area contributed by atoms with Crippen molar-refractivity contribution in [2.75, 3.05) is 25.3 Å². The van der Waals surface area contributed by atoms with E-state index in [1.54, 1.807) is 7.11 Å². The predicted molar refractivity (Wildman–Crippen MR) is 111 cm³/mol. The molecule has 0 unspecified atom stereocenters. The molecular formula is C19H20ClN5O2S. The van der Waals surface area contributed by atoms with Crippen molar-refractivity contribution < 1.29 is 9.53 Å². The van der Waals surface area contributed by atoms with E-state index < -0.39 is 0 Å². The largest absolute Gasteiger partial charge is 0.497 e. The van der Waals surface area contributed by atoms with Gasteiger partial charge >= 0.3 is 0 Å². The zero-order valence-corrected chi connectivity index (χ0v) is 16.8. The Morgan fingerprint density at radius 3 is 2.57 bits per heavy atom. The van der Waals surface area contributed by atoms with Crippen LogP contribution < -0.4 is 15.9 Å². The summed E-state index contributed by atoms with van der Waals surface area (Å²) in [5, 5.41) is 12.2. The number of nitrogens with two attached hydrogens (primary N) is 1. The van der Waals surface area contributed by atoms with Crippen molar-refractivity contribution in [1.29, 1.82) is 0 Å². The molecule has 2 aromatic carbocycles. The number of carbonyl (C=O) groups excluding carboxylic acids is 1. The summed E-state index contributed by atoms with van der Waals surface area (Å²) in [5.41, 5.74) is 1.93. The fraction of sp³-hybridized carbons (Fsp3) is 0.211. The quantitative estimate of drug-likeness (QED) is 0.432. The summed E-state index contributed by atoms with van der Waals surface area (Å²) in [6, 6.07) is 14.9. The minimum Gasteiger partial charge on any atom is -0.497 e. The fourth-order valence-electron chi connectivity index (χ4n) is 2.49. The van der Waals surface area contributed by atoms with E-state index in [9.17, 15) is 4.79 Å². The maximum Gasteiger partial charge on any atom is 0.230 e. The number of carbonyl (C=O) groups is 1. The molecule has 3 aromatic rings. The van der Waals surface area contributed by atoms with Gasteiger partial charge in [-0.3, -0.25) is 4.79 Å². The molecule has 0 bridgehead atoms. The smallest absolute Gasteiger partial charge is 0.230 e. The number of amides is 1. The maximum absolute atomic E-state index is 12.1. The predicted octanol–water partition coefficient (Wildman–Crippen LogP) is 2.77. The van der Waals surface area contributed by atoms with Crippen molar-refractivity contribution in [3.63, 3.8) is 0 Å². The molecule has 146 valence electrons. The van der Waals surface area contributed by atoms with Gasteiger partial charge in [-0.05, 0) is 48.4 Å². The summed E-state index contributed by atoms with van der Waals surface area (Å²) in [6.07, 6.45) is 0.738. The van der Waals surface area contributed by atoms with Crippen LogP contribution in [0.25, 0.3) is 11.4 Å². The van der Waals surface area contributed by atoms with E-state index in [1.807, 2.05) is 48.5 Å². The summed E-state index contributed by atoms with van der Waals surface area (Å²) in [5.74, 6) is 7.46. The Hall–Kier alpha value is -2.71. The zero-order chi connectivity index (χ0) is 19.9. The molecule has 1 amide bonds. The zero-order valence-electron chi connectivity index (χ0n) is 15.3. The van der Waals surface area contributed by atoms with E-state index in [4.69, 9.17) is 22.2 Å². The van der Waals surface area contributed by atoms with Crippen molar-refractivity contribution >= 4 is 29.3 Å². The highest BCUT2D eigenvalue weighted by Gasteiger charge is 2.13. The second kappa shape index (κ2) is 9.48. The molecular weight excluding hydrogens is 398 g/mol. The van der Waals surface area contributed by atoms with Gasteiger partial charge < -0.3 is 15.9 Å². The Bertz CT molecular complexity index is 929. The molecule has 0 aliphatic carbocycles. The van der Waals surface area contributed by atoms with Gasteiger partial charge in [0.2, 0.25) is 11.1 Å². The van der Waals surface area contributed by atoms with Crippen LogP contribution in [0.1, 0.15) is 5.56 Å². The van der Waals surface area contributed by atoms with E-state index >= 15 is 0 Å². The highest BCUT2D eigenvalue weighted by Crippen LogP contribution is 2.23. The van der Waals surface area contributed by atoms with Crippen molar-refractivity contribution in [3.8, 4) is 17.1 Å². The molecule has 0 spiro atoms. The Morgan fingerprint density at radius 1 is 1.18 bits per heavy atom. The van der Waals surface area contributed by atoms with Gasteiger partial charge in [0.25, 0.3) is 0 Å². The lowest BCUT2D eigenvalue weighted by molar-refractivity contribution is -0.118. The number of benzene rings is 2. The summed E-state index contributed by atoms with van der Waals surface area (Å²) in [6.45, 7) is 0.549. The lowest BCUT2D eigenvalue weighted by atomic mass is 10.1. The average Bonchev–Trinajstić information content (AvgIpc) is 3.08. The second-order valence-corrected chi connectivity index (χ2v) is 7.30. The van der Waals surface area contributed by atoms with Crippen molar-refractivity contribution in [1.82, 2.24) is 20.2 Å². The molecule has 0 aliphatic heterocycles. The highest BCUT2D eigenvalue weighted by molar-refractivity contribution is 7.99. The minimum absolute atomic E-state index is 0.0899. The van der Waals surface area contributed by atoms with Crippen molar-refractivity contribution in [2.24, 2.45) is 0 Å². The van der Waals surface area contributed by atoms with E-state index in [0.717, 1.165) is 23.3 Å². The summed E-state index contributed by atoms with van der Waals surface area (Å²) in [4.78, 5) is 12.1. The Morgan fingerprint density at radius 2 is 1.89 bits per heavy atom. The standard InChI is InChI=1S/C19H20ClN5O2S/c1-27-16-8-4-14(5-9-16)18-23-24-19(25(18)21)28-12-17(26)22-11-10-13-2-6-15(20)7-3-13/h2-9H,10-12,21H2,1H3,(H,22,26). The summed E-state index contributed by atoms with van der Waals surface area (Å²) >= 11 is 7.10. The SMILES string of the molecule is COc1ccc(-c2nnc(SCC(=O)NCCc3ccc(Cl)cc3)n2N)cc1. The first kappa shape index (κ1) is 20.0. The number of nitrogen functional groups attached to an aromatic ring is 1. The first-order chi connectivity index (χ1) is 13.6. The molecule has 28 heavy (non-hydrogen) atoms. The van der Waals surface area contributed by atoms with Crippen molar-refractivity contribution in [2.45, 2.75) is 11.6 Å². The van der Waals surface area contributed by atoms with Crippen LogP contribution in [0.3, 0.4) is 0 Å². The van der Waals surface area contributed by atoms with Gasteiger partial charge in [-0.15, -0.1) is 10.2 Å². The minimum atomic E-state index is -0.0899. The Labute approximate surface area is 172 Å². The molecule has 0 saturated carbocycles. The topological polar surface area (TPSA) is 95.1 Å². The number of methoxy groups -OCH3 is 1. The fourth-order valence-corrected chi connectivity index (χ4v) is 3.30. The maximum atomic E-state index is 12.1. The molecule has 3 rings (SSSR count). The van der Waals surface area contributed by atoms with Crippen LogP contribution in [0, 0.1) is 0 Å². The normalized spacial score (nSPS) is 10.6. The highest BCUT2D eigenvalue weighted by atomic mass is 35.5. The number of hydrogen-bond acceptors (Lipinski definition) is 6. The average molecular weight is 418 g/mol. The summed E-state index contributed by atoms with van der Waals surface area (Å²) < 4.78 is 6.52. The second-order valence-electron chi connectivity index (χ2n) is 5.92. The molecule has 0 atom stereocenters. The van der Waals surface area contributed by atoms with Crippen LogP contribution in [-0.4, -0.2) is 40.2 Å². The molecule has 0 aliphatic rings. The Balaban J connectivity index is 1.49. The van der Waals surface area contributed by atoms with E-state index in [1.165, 1.54) is 16.4 Å². The van der Waals surface area contributed by atoms with Crippen LogP contribution in [0.2, 0.25) is 5.02 Å². The summed E-state index contributed by atoms with van der Waals surface area (Å²) in [7, 11) is 1.61. The van der Waals surface area contributed by atoms with Gasteiger partial charge in [0, 0.05) is 17.1 Å². The number of ether oxygens (including phenoxy) is 1. The monoisotopic (exact) mass is 417 g/mol. The Kier molecular flexibility index (Phi) is 6.78. The third-order valence-electron chi connectivity index (χ3n) is 3.99. The molecule has 3 N–H and O–H groups in total. The van der Waals surface area contributed by atoms with Crippen molar-refractivity contribution in [3.05, 3.63) is 59.1 Å². The van der Waals surface area contributed by atoms with Crippen LogP contribution in [0.4, 0.5) is 0 Å². The van der Waals surface area contributed by atoms with Gasteiger partial charge in [0.05, 0.1) is 12.9 Å². The number of aromatic nitrogens is 3. The number of rotatable bonds is 8.